The highest BCUT2D eigenvalue weighted by atomic mass is 79.9. The molecule has 1 aliphatic heterocycles. The Hall–Kier alpha value is -0.0900. The van der Waals surface area contributed by atoms with Crippen molar-refractivity contribution in [1.82, 2.24) is 9.80 Å². The monoisotopic (exact) mass is 276 g/mol. The van der Waals surface area contributed by atoms with Gasteiger partial charge in [-0.05, 0) is 26.7 Å². The molecule has 0 saturated carbocycles. The molecule has 1 rings (SSSR count). The van der Waals surface area contributed by atoms with Crippen molar-refractivity contribution in [3.63, 3.8) is 0 Å². The average molecular weight is 277 g/mol. The van der Waals surface area contributed by atoms with Gasteiger partial charge in [0, 0.05) is 32.2 Å². The van der Waals surface area contributed by atoms with Gasteiger partial charge in [0.15, 0.2) is 0 Å². The normalized spacial score (nSPS) is 19.5. The van der Waals surface area contributed by atoms with Crippen LogP contribution in [0.5, 0.6) is 0 Å². The number of halogens is 1. The Kier molecular flexibility index (Phi) is 5.06. The molecular formula is C11H21BrN2O. The zero-order valence-corrected chi connectivity index (χ0v) is 11.5. The van der Waals surface area contributed by atoms with E-state index in [2.05, 4.69) is 34.7 Å². The number of likely N-dealkylation sites (tertiary alicyclic amines) is 1. The molecule has 1 fully saturated rings. The van der Waals surface area contributed by atoms with Gasteiger partial charge in [-0.15, -0.1) is 0 Å². The second kappa shape index (κ2) is 5.85. The van der Waals surface area contributed by atoms with Crippen LogP contribution in [0.1, 0.15) is 26.7 Å². The van der Waals surface area contributed by atoms with Crippen molar-refractivity contribution in [3.05, 3.63) is 0 Å². The molecule has 1 heterocycles. The quantitative estimate of drug-likeness (QED) is 0.733. The maximum Gasteiger partial charge on any atom is 0.233 e. The minimum Gasteiger partial charge on any atom is -0.342 e. The Morgan fingerprint density at radius 3 is 2.40 bits per heavy atom. The first kappa shape index (κ1) is 13.0. The molecule has 0 aromatic rings. The van der Waals surface area contributed by atoms with Crippen LogP contribution >= 0.6 is 15.9 Å². The minimum absolute atomic E-state index is 0.193. The molecule has 4 heteroatoms. The summed E-state index contributed by atoms with van der Waals surface area (Å²) in [6.07, 6.45) is 2.21. The molecule has 0 aliphatic carbocycles. The van der Waals surface area contributed by atoms with Gasteiger partial charge in [0.2, 0.25) is 5.91 Å². The Balaban J connectivity index is 2.40. The summed E-state index contributed by atoms with van der Waals surface area (Å²) in [5.74, 6) is 0.193. The number of rotatable bonds is 3. The molecule has 0 radical (unpaired) electrons. The zero-order valence-electron chi connectivity index (χ0n) is 9.87. The molecule has 88 valence electrons. The number of alkyl halides is 1. The summed E-state index contributed by atoms with van der Waals surface area (Å²) < 4.78 is 0. The highest BCUT2D eigenvalue weighted by Crippen LogP contribution is 2.17. The maximum atomic E-state index is 11.5. The van der Waals surface area contributed by atoms with Gasteiger partial charge >= 0.3 is 0 Å². The molecule has 0 spiro atoms. The van der Waals surface area contributed by atoms with E-state index in [1.54, 1.807) is 0 Å². The Bertz CT molecular complexity index is 213. The fourth-order valence-electron chi connectivity index (χ4n) is 2.09. The zero-order chi connectivity index (χ0) is 11.4. The van der Waals surface area contributed by atoms with E-state index < -0.39 is 0 Å². The lowest BCUT2D eigenvalue weighted by molar-refractivity contribution is -0.129. The molecule has 0 aromatic carbocycles. The lowest BCUT2D eigenvalue weighted by Crippen LogP contribution is -2.47. The molecule has 1 amide bonds. The fourth-order valence-corrected chi connectivity index (χ4v) is 2.48. The molecule has 0 N–H and O–H groups in total. The van der Waals surface area contributed by atoms with Crippen LogP contribution in [0.25, 0.3) is 0 Å². The van der Waals surface area contributed by atoms with E-state index >= 15 is 0 Å². The number of carbonyl (C=O) groups excluding carboxylic acids is 1. The first-order chi connectivity index (χ1) is 7.06. The third-order valence-electron chi connectivity index (χ3n) is 3.28. The van der Waals surface area contributed by atoms with Gasteiger partial charge in [0.05, 0.1) is 5.33 Å². The van der Waals surface area contributed by atoms with Gasteiger partial charge in [-0.2, -0.15) is 0 Å². The van der Waals surface area contributed by atoms with E-state index in [1.165, 1.54) is 0 Å². The number of carbonyl (C=O) groups is 1. The van der Waals surface area contributed by atoms with Crippen LogP contribution < -0.4 is 0 Å². The van der Waals surface area contributed by atoms with E-state index in [1.807, 2.05) is 11.9 Å². The highest BCUT2D eigenvalue weighted by molar-refractivity contribution is 9.09. The van der Waals surface area contributed by atoms with E-state index in [-0.39, 0.29) is 5.91 Å². The molecular weight excluding hydrogens is 256 g/mol. The SMILES string of the molecule is CC(C)N1CCC(N(C)C(=O)CBr)CC1. The predicted molar refractivity (Wildman–Crippen MR) is 66.3 cm³/mol. The standard InChI is InChI=1S/C11H21BrN2O/c1-9(2)14-6-4-10(5-7-14)13(3)11(15)8-12/h9-10H,4-8H2,1-3H3. The number of amides is 1. The van der Waals surface area contributed by atoms with Crippen LogP contribution in [-0.2, 0) is 4.79 Å². The number of nitrogens with zero attached hydrogens (tertiary/aromatic N) is 2. The Labute approximate surface area is 101 Å². The van der Waals surface area contributed by atoms with Crippen LogP contribution in [0.15, 0.2) is 0 Å². The van der Waals surface area contributed by atoms with Crippen molar-refractivity contribution < 1.29 is 4.79 Å². The first-order valence-corrected chi connectivity index (χ1v) is 6.74. The van der Waals surface area contributed by atoms with Crippen molar-refractivity contribution in [2.75, 3.05) is 25.5 Å². The summed E-state index contributed by atoms with van der Waals surface area (Å²) in [7, 11) is 1.92. The van der Waals surface area contributed by atoms with Gasteiger partial charge in [-0.3, -0.25) is 4.79 Å². The number of piperidine rings is 1. The van der Waals surface area contributed by atoms with Crippen LogP contribution in [0.3, 0.4) is 0 Å². The summed E-state index contributed by atoms with van der Waals surface area (Å²) in [6, 6.07) is 1.06. The third-order valence-corrected chi connectivity index (χ3v) is 3.76. The van der Waals surface area contributed by atoms with E-state index in [4.69, 9.17) is 0 Å². The van der Waals surface area contributed by atoms with Crippen LogP contribution in [0.2, 0.25) is 0 Å². The van der Waals surface area contributed by atoms with Crippen molar-refractivity contribution in [1.29, 1.82) is 0 Å². The summed E-state index contributed by atoms with van der Waals surface area (Å²) >= 11 is 3.22. The van der Waals surface area contributed by atoms with Crippen molar-refractivity contribution in [2.24, 2.45) is 0 Å². The second-order valence-electron chi connectivity index (χ2n) is 4.50. The molecule has 0 bridgehead atoms. The molecule has 1 saturated heterocycles. The van der Waals surface area contributed by atoms with Crippen LogP contribution in [-0.4, -0.2) is 53.3 Å². The number of hydrogen-bond donors (Lipinski definition) is 0. The molecule has 0 unspecified atom stereocenters. The topological polar surface area (TPSA) is 23.6 Å². The molecule has 3 nitrogen and oxygen atoms in total. The summed E-state index contributed by atoms with van der Waals surface area (Å²) in [4.78, 5) is 15.9. The van der Waals surface area contributed by atoms with Crippen molar-refractivity contribution in [2.45, 2.75) is 38.8 Å². The summed E-state index contributed by atoms with van der Waals surface area (Å²) in [5, 5.41) is 0.438. The van der Waals surface area contributed by atoms with Gasteiger partial charge < -0.3 is 9.80 Å². The van der Waals surface area contributed by atoms with Gasteiger partial charge in [0.25, 0.3) is 0 Å². The van der Waals surface area contributed by atoms with E-state index in [9.17, 15) is 4.79 Å². The van der Waals surface area contributed by atoms with Crippen molar-refractivity contribution >= 4 is 21.8 Å². The summed E-state index contributed by atoms with van der Waals surface area (Å²) in [6.45, 7) is 6.69. The van der Waals surface area contributed by atoms with E-state index in [0.29, 0.717) is 17.4 Å². The first-order valence-electron chi connectivity index (χ1n) is 5.62. The van der Waals surface area contributed by atoms with Crippen LogP contribution in [0, 0.1) is 0 Å². The fraction of sp³-hybridized carbons (Fsp3) is 0.909. The minimum atomic E-state index is 0.193. The van der Waals surface area contributed by atoms with Crippen LogP contribution in [0.4, 0.5) is 0 Å². The van der Waals surface area contributed by atoms with Gasteiger partial charge in [-0.25, -0.2) is 0 Å². The van der Waals surface area contributed by atoms with Gasteiger partial charge in [0.1, 0.15) is 0 Å². The van der Waals surface area contributed by atoms with Gasteiger partial charge in [-0.1, -0.05) is 15.9 Å². The summed E-state index contributed by atoms with van der Waals surface area (Å²) in [5.41, 5.74) is 0. The molecule has 0 atom stereocenters. The smallest absolute Gasteiger partial charge is 0.233 e. The lowest BCUT2D eigenvalue weighted by atomic mass is 10.0. The lowest BCUT2D eigenvalue weighted by Gasteiger charge is -2.38. The highest BCUT2D eigenvalue weighted by Gasteiger charge is 2.25. The predicted octanol–water partition coefficient (Wildman–Crippen LogP) is 1.71. The Morgan fingerprint density at radius 2 is 2.00 bits per heavy atom. The largest absolute Gasteiger partial charge is 0.342 e. The number of hydrogen-bond acceptors (Lipinski definition) is 2. The molecule has 1 aliphatic rings. The van der Waals surface area contributed by atoms with Crippen molar-refractivity contribution in [3.8, 4) is 0 Å². The third kappa shape index (κ3) is 3.45. The van der Waals surface area contributed by atoms with E-state index in [0.717, 1.165) is 25.9 Å². The maximum absolute atomic E-state index is 11.5. The second-order valence-corrected chi connectivity index (χ2v) is 5.06. The molecule has 15 heavy (non-hydrogen) atoms. The molecule has 0 aromatic heterocycles. The Morgan fingerprint density at radius 1 is 1.47 bits per heavy atom. The average Bonchev–Trinajstić information content (AvgIpc) is 2.27.